The molecule has 0 aromatic rings. The zero-order valence-corrected chi connectivity index (χ0v) is 12.4. The average molecular weight is 254 g/mol. The number of hydrogen-bond donors (Lipinski definition) is 1. The van der Waals surface area contributed by atoms with E-state index >= 15 is 0 Å². The Morgan fingerprint density at radius 1 is 1.11 bits per heavy atom. The minimum atomic E-state index is -0.818. The van der Waals surface area contributed by atoms with E-state index < -0.39 is 5.97 Å². The monoisotopic (exact) mass is 254 g/mol. The summed E-state index contributed by atoms with van der Waals surface area (Å²) in [5.74, 6) is 0.00797. The molecule has 0 saturated carbocycles. The summed E-state index contributed by atoms with van der Waals surface area (Å²) in [7, 11) is 0. The largest absolute Gasteiger partial charge is 0.478 e. The molecule has 0 aliphatic rings. The smallest absolute Gasteiger partial charge is 0.331 e. The van der Waals surface area contributed by atoms with E-state index in [0.717, 1.165) is 32.1 Å². The van der Waals surface area contributed by atoms with Gasteiger partial charge in [0.05, 0.1) is 0 Å². The molecule has 0 radical (unpaired) electrons. The van der Waals surface area contributed by atoms with Gasteiger partial charge in [-0.3, -0.25) is 0 Å². The molecule has 2 unspecified atom stereocenters. The van der Waals surface area contributed by atoms with Gasteiger partial charge in [-0.2, -0.15) is 0 Å². The fraction of sp³-hybridized carbons (Fsp3) is 0.812. The van der Waals surface area contributed by atoms with Gasteiger partial charge in [0.1, 0.15) is 0 Å². The molecule has 2 heteroatoms. The van der Waals surface area contributed by atoms with Gasteiger partial charge in [-0.15, -0.1) is 0 Å². The maximum atomic E-state index is 11.1. The first-order chi connectivity index (χ1) is 8.56. The summed E-state index contributed by atoms with van der Waals surface area (Å²) < 4.78 is 0. The average Bonchev–Trinajstić information content (AvgIpc) is 2.37. The predicted octanol–water partition coefficient (Wildman–Crippen LogP) is 5.04. The van der Waals surface area contributed by atoms with Crippen molar-refractivity contribution in [1.82, 2.24) is 0 Å². The fourth-order valence-corrected chi connectivity index (χ4v) is 2.44. The van der Waals surface area contributed by atoms with Gasteiger partial charge in [-0.05, 0) is 24.7 Å². The van der Waals surface area contributed by atoms with Crippen molar-refractivity contribution < 1.29 is 9.90 Å². The molecule has 0 aliphatic heterocycles. The van der Waals surface area contributed by atoms with Gasteiger partial charge < -0.3 is 5.11 Å². The lowest BCUT2D eigenvalue weighted by atomic mass is 9.82. The Labute approximate surface area is 112 Å². The number of carboxylic acid groups (broad SMARTS) is 1. The fourth-order valence-electron chi connectivity index (χ4n) is 2.44. The van der Waals surface area contributed by atoms with Crippen molar-refractivity contribution in [3.63, 3.8) is 0 Å². The normalized spacial score (nSPS) is 14.2. The molecular formula is C16H30O2. The second-order valence-corrected chi connectivity index (χ2v) is 5.32. The first kappa shape index (κ1) is 17.2. The van der Waals surface area contributed by atoms with E-state index in [9.17, 15) is 4.79 Å². The predicted molar refractivity (Wildman–Crippen MR) is 77.7 cm³/mol. The van der Waals surface area contributed by atoms with Crippen LogP contribution in [0.5, 0.6) is 0 Å². The Hall–Kier alpha value is -0.790. The molecule has 1 N–H and O–H groups in total. The van der Waals surface area contributed by atoms with Crippen LogP contribution < -0.4 is 0 Å². The number of carboxylic acids is 1. The van der Waals surface area contributed by atoms with Crippen molar-refractivity contribution in [2.45, 2.75) is 72.1 Å². The lowest BCUT2D eigenvalue weighted by Gasteiger charge is -2.23. The third kappa shape index (κ3) is 6.83. The molecule has 0 bridgehead atoms. The summed E-state index contributed by atoms with van der Waals surface area (Å²) in [4.78, 5) is 11.1. The van der Waals surface area contributed by atoms with Crippen molar-refractivity contribution in [3.8, 4) is 0 Å². The van der Waals surface area contributed by atoms with Crippen molar-refractivity contribution in [2.24, 2.45) is 11.8 Å². The van der Waals surface area contributed by atoms with E-state index in [1.54, 1.807) is 0 Å². The minimum Gasteiger partial charge on any atom is -0.478 e. The Balaban J connectivity index is 4.44. The van der Waals surface area contributed by atoms with Crippen LogP contribution in [0.3, 0.4) is 0 Å². The number of hydrogen-bond acceptors (Lipinski definition) is 1. The molecule has 0 aromatic carbocycles. The minimum absolute atomic E-state index is 0.171. The molecule has 2 atom stereocenters. The summed E-state index contributed by atoms with van der Waals surface area (Å²) in [6.45, 7) is 10.3. The maximum Gasteiger partial charge on any atom is 0.331 e. The zero-order valence-electron chi connectivity index (χ0n) is 12.4. The molecule has 0 saturated heterocycles. The van der Waals surface area contributed by atoms with Crippen molar-refractivity contribution in [3.05, 3.63) is 12.2 Å². The van der Waals surface area contributed by atoms with Gasteiger partial charge in [0.2, 0.25) is 0 Å². The van der Waals surface area contributed by atoms with Crippen LogP contribution in [0.4, 0.5) is 0 Å². The molecule has 0 aliphatic carbocycles. The van der Waals surface area contributed by atoms with E-state index in [2.05, 4.69) is 27.4 Å². The third-order valence-electron chi connectivity index (χ3n) is 3.83. The molecule has 18 heavy (non-hydrogen) atoms. The highest BCUT2D eigenvalue weighted by Crippen LogP contribution is 2.29. The Morgan fingerprint density at radius 2 is 1.67 bits per heavy atom. The topological polar surface area (TPSA) is 37.3 Å². The highest BCUT2D eigenvalue weighted by molar-refractivity contribution is 5.86. The van der Waals surface area contributed by atoms with Gasteiger partial charge in [0, 0.05) is 5.57 Å². The van der Waals surface area contributed by atoms with E-state index in [1.807, 2.05) is 0 Å². The zero-order chi connectivity index (χ0) is 14.0. The van der Waals surface area contributed by atoms with Gasteiger partial charge in [-0.25, -0.2) is 4.79 Å². The Morgan fingerprint density at radius 3 is 2.11 bits per heavy atom. The molecule has 2 nitrogen and oxygen atoms in total. The third-order valence-corrected chi connectivity index (χ3v) is 3.83. The van der Waals surface area contributed by atoms with E-state index in [-0.39, 0.29) is 5.92 Å². The van der Waals surface area contributed by atoms with E-state index in [4.69, 9.17) is 5.11 Å². The SMILES string of the molecule is C=C(C(=O)O)C(CCCC)CC(CC)CCCC. The molecule has 0 heterocycles. The number of rotatable bonds is 11. The number of carbonyl (C=O) groups is 1. The second kappa shape index (κ2) is 10.2. The van der Waals surface area contributed by atoms with Gasteiger partial charge in [-0.1, -0.05) is 65.9 Å². The van der Waals surface area contributed by atoms with Crippen LogP contribution in [0.15, 0.2) is 12.2 Å². The highest BCUT2D eigenvalue weighted by Gasteiger charge is 2.21. The summed E-state index contributed by atoms with van der Waals surface area (Å²) in [6, 6.07) is 0. The van der Waals surface area contributed by atoms with Gasteiger partial charge in [0.25, 0.3) is 0 Å². The molecule has 0 rings (SSSR count). The molecule has 0 aromatic heterocycles. The van der Waals surface area contributed by atoms with Crippen molar-refractivity contribution >= 4 is 5.97 Å². The van der Waals surface area contributed by atoms with Crippen LogP contribution in [0, 0.1) is 11.8 Å². The van der Waals surface area contributed by atoms with Crippen molar-refractivity contribution in [2.75, 3.05) is 0 Å². The first-order valence-electron chi connectivity index (χ1n) is 7.48. The van der Waals surface area contributed by atoms with Crippen LogP contribution in [-0.2, 0) is 4.79 Å². The maximum absolute atomic E-state index is 11.1. The van der Waals surface area contributed by atoms with Gasteiger partial charge in [0.15, 0.2) is 0 Å². The van der Waals surface area contributed by atoms with Crippen LogP contribution in [0.25, 0.3) is 0 Å². The summed E-state index contributed by atoms with van der Waals surface area (Å²) in [6.07, 6.45) is 9.04. The molecule has 106 valence electrons. The summed E-state index contributed by atoms with van der Waals surface area (Å²) in [5.41, 5.74) is 0.415. The lowest BCUT2D eigenvalue weighted by Crippen LogP contribution is -2.16. The van der Waals surface area contributed by atoms with Crippen LogP contribution in [-0.4, -0.2) is 11.1 Å². The standard InChI is InChI=1S/C16H30O2/c1-5-8-10-14(7-3)12-15(11-9-6-2)13(4)16(17)18/h14-15H,4-12H2,1-3H3,(H,17,18). The summed E-state index contributed by atoms with van der Waals surface area (Å²) >= 11 is 0. The first-order valence-corrected chi connectivity index (χ1v) is 7.48. The molecule has 0 spiro atoms. The van der Waals surface area contributed by atoms with E-state index in [0.29, 0.717) is 11.5 Å². The van der Waals surface area contributed by atoms with Crippen molar-refractivity contribution in [1.29, 1.82) is 0 Å². The molecule has 0 fully saturated rings. The summed E-state index contributed by atoms with van der Waals surface area (Å²) in [5, 5.41) is 9.11. The quantitative estimate of drug-likeness (QED) is 0.524. The van der Waals surface area contributed by atoms with Crippen LogP contribution >= 0.6 is 0 Å². The lowest BCUT2D eigenvalue weighted by molar-refractivity contribution is -0.133. The van der Waals surface area contributed by atoms with Crippen LogP contribution in [0.2, 0.25) is 0 Å². The molecular weight excluding hydrogens is 224 g/mol. The number of unbranched alkanes of at least 4 members (excludes halogenated alkanes) is 2. The van der Waals surface area contributed by atoms with Gasteiger partial charge >= 0.3 is 5.97 Å². The Bertz CT molecular complexity index is 245. The van der Waals surface area contributed by atoms with E-state index in [1.165, 1.54) is 19.3 Å². The molecule has 0 amide bonds. The highest BCUT2D eigenvalue weighted by atomic mass is 16.4. The number of aliphatic carboxylic acids is 1. The van der Waals surface area contributed by atoms with Crippen LogP contribution in [0.1, 0.15) is 72.1 Å². The Kier molecular flexibility index (Phi) is 9.72. The second-order valence-electron chi connectivity index (χ2n) is 5.32.